The zero-order valence-electron chi connectivity index (χ0n) is 13.7. The lowest BCUT2D eigenvalue weighted by molar-refractivity contribution is -0.121. The van der Waals surface area contributed by atoms with Crippen molar-refractivity contribution >= 4 is 28.4 Å². The number of para-hydroxylation sites is 1. The molecule has 0 aliphatic rings. The average Bonchev–Trinajstić information content (AvgIpc) is 3.16. The van der Waals surface area contributed by atoms with Crippen LogP contribution in [-0.4, -0.2) is 20.7 Å². The summed E-state index contributed by atoms with van der Waals surface area (Å²) in [4.78, 5) is 15.3. The van der Waals surface area contributed by atoms with Crippen molar-refractivity contribution in [2.75, 3.05) is 0 Å². The van der Waals surface area contributed by atoms with Gasteiger partial charge in [0.2, 0.25) is 5.91 Å². The van der Waals surface area contributed by atoms with E-state index in [-0.39, 0.29) is 5.91 Å². The lowest BCUT2D eigenvalue weighted by Crippen LogP contribution is -2.24. The highest BCUT2D eigenvalue weighted by molar-refractivity contribution is 6.31. The first-order valence-corrected chi connectivity index (χ1v) is 8.58. The first kappa shape index (κ1) is 16.6. The van der Waals surface area contributed by atoms with Gasteiger partial charge in [0.05, 0.1) is 23.5 Å². The third-order valence-corrected chi connectivity index (χ3v) is 4.49. The Labute approximate surface area is 146 Å². The van der Waals surface area contributed by atoms with Crippen LogP contribution >= 0.6 is 11.6 Å². The van der Waals surface area contributed by atoms with E-state index >= 15 is 0 Å². The lowest BCUT2D eigenvalue weighted by Gasteiger charge is -2.08. The first-order chi connectivity index (χ1) is 11.7. The molecule has 0 bridgehead atoms. The second-order valence-electron chi connectivity index (χ2n) is 5.74. The molecule has 3 aromatic rings. The smallest absolute Gasteiger partial charge is 0.220 e. The molecule has 0 radical (unpaired) electrons. The molecular weight excluding hydrogens is 324 g/mol. The summed E-state index contributed by atoms with van der Waals surface area (Å²) in [5, 5.41) is 8.92. The van der Waals surface area contributed by atoms with Gasteiger partial charge in [0, 0.05) is 30.1 Å². The third kappa shape index (κ3) is 3.62. The van der Waals surface area contributed by atoms with Crippen molar-refractivity contribution in [3.63, 3.8) is 0 Å². The molecule has 0 fully saturated rings. The number of aromatic amines is 1. The molecule has 0 spiro atoms. The Morgan fingerprint density at radius 2 is 2.21 bits per heavy atom. The maximum absolute atomic E-state index is 12.0. The van der Waals surface area contributed by atoms with Gasteiger partial charge in [0.1, 0.15) is 0 Å². The number of nitrogens with zero attached hydrogens (tertiary/aromatic N) is 2. The molecule has 0 saturated heterocycles. The van der Waals surface area contributed by atoms with Crippen LogP contribution in [0.2, 0.25) is 5.02 Å². The molecule has 2 aromatic heterocycles. The number of fused-ring (bicyclic) bond motifs is 1. The molecule has 3 rings (SSSR count). The number of aryl methyl sites for hydroxylation is 2. The van der Waals surface area contributed by atoms with Crippen LogP contribution in [0.5, 0.6) is 0 Å². The fourth-order valence-electron chi connectivity index (χ4n) is 2.88. The summed E-state index contributed by atoms with van der Waals surface area (Å²) < 4.78 is 1.80. The second kappa shape index (κ2) is 7.53. The van der Waals surface area contributed by atoms with E-state index in [0.29, 0.717) is 18.0 Å². The number of H-pyrrole nitrogens is 1. The van der Waals surface area contributed by atoms with Gasteiger partial charge in [0.25, 0.3) is 0 Å². The van der Waals surface area contributed by atoms with Crippen LogP contribution < -0.4 is 5.32 Å². The quantitative estimate of drug-likeness (QED) is 0.686. The third-order valence-electron chi connectivity index (χ3n) is 4.18. The van der Waals surface area contributed by atoms with Crippen molar-refractivity contribution in [3.8, 4) is 0 Å². The molecule has 24 heavy (non-hydrogen) atoms. The first-order valence-electron chi connectivity index (χ1n) is 8.21. The molecule has 5 nitrogen and oxygen atoms in total. The van der Waals surface area contributed by atoms with E-state index < -0.39 is 0 Å². The highest BCUT2D eigenvalue weighted by atomic mass is 35.5. The molecular formula is C18H21ClN4O. The minimum Gasteiger partial charge on any atom is -0.361 e. The van der Waals surface area contributed by atoms with Crippen LogP contribution in [0, 0.1) is 0 Å². The van der Waals surface area contributed by atoms with E-state index in [1.54, 1.807) is 10.9 Å². The zero-order chi connectivity index (χ0) is 16.9. The standard InChI is InChI=1S/C18H21ClN4O/c1-2-23-17(15(19)11-22-23)12-21-18(24)9-5-6-13-10-20-16-8-4-3-7-14(13)16/h3-4,7-8,10-11,20H,2,5-6,9,12H2,1H3,(H,21,24). The summed E-state index contributed by atoms with van der Waals surface area (Å²) in [5.41, 5.74) is 3.24. The number of rotatable bonds is 7. The molecule has 0 saturated carbocycles. The van der Waals surface area contributed by atoms with Crippen molar-refractivity contribution in [2.45, 2.75) is 39.3 Å². The van der Waals surface area contributed by atoms with Crippen LogP contribution in [0.4, 0.5) is 0 Å². The Hall–Kier alpha value is -2.27. The van der Waals surface area contributed by atoms with E-state index in [1.165, 1.54) is 10.9 Å². The molecule has 0 aliphatic carbocycles. The molecule has 0 aliphatic heterocycles. The summed E-state index contributed by atoms with van der Waals surface area (Å²) in [7, 11) is 0. The molecule has 0 atom stereocenters. The van der Waals surface area contributed by atoms with Crippen molar-refractivity contribution in [3.05, 3.63) is 52.9 Å². The van der Waals surface area contributed by atoms with Crippen molar-refractivity contribution in [1.82, 2.24) is 20.1 Å². The number of hydrogen-bond acceptors (Lipinski definition) is 2. The summed E-state index contributed by atoms with van der Waals surface area (Å²) in [6.45, 7) is 3.15. The molecule has 1 aromatic carbocycles. The van der Waals surface area contributed by atoms with Gasteiger partial charge in [0.15, 0.2) is 0 Å². The molecule has 2 heterocycles. The van der Waals surface area contributed by atoms with E-state index in [9.17, 15) is 4.79 Å². The van der Waals surface area contributed by atoms with Gasteiger partial charge in [-0.25, -0.2) is 0 Å². The Bertz CT molecular complexity index is 837. The summed E-state index contributed by atoms with van der Waals surface area (Å²) in [6.07, 6.45) is 5.84. The number of halogens is 1. The number of carbonyl (C=O) groups is 1. The van der Waals surface area contributed by atoms with E-state index in [1.807, 2.05) is 25.3 Å². The zero-order valence-corrected chi connectivity index (χ0v) is 14.4. The van der Waals surface area contributed by atoms with Crippen LogP contribution in [0.15, 0.2) is 36.7 Å². The maximum Gasteiger partial charge on any atom is 0.220 e. The Balaban J connectivity index is 1.48. The average molecular weight is 345 g/mol. The van der Waals surface area contributed by atoms with Gasteiger partial charge in [-0.1, -0.05) is 29.8 Å². The molecule has 126 valence electrons. The molecule has 2 N–H and O–H groups in total. The Morgan fingerprint density at radius 3 is 3.04 bits per heavy atom. The minimum atomic E-state index is 0.0368. The summed E-state index contributed by atoms with van der Waals surface area (Å²) in [5.74, 6) is 0.0368. The summed E-state index contributed by atoms with van der Waals surface area (Å²) >= 11 is 6.10. The predicted molar refractivity (Wildman–Crippen MR) is 96.0 cm³/mol. The monoisotopic (exact) mass is 344 g/mol. The van der Waals surface area contributed by atoms with E-state index in [2.05, 4.69) is 27.5 Å². The number of nitrogens with one attached hydrogen (secondary N) is 2. The summed E-state index contributed by atoms with van der Waals surface area (Å²) in [6, 6.07) is 8.22. The van der Waals surface area contributed by atoms with Crippen molar-refractivity contribution < 1.29 is 4.79 Å². The fourth-order valence-corrected chi connectivity index (χ4v) is 3.09. The number of benzene rings is 1. The van der Waals surface area contributed by atoms with E-state index in [4.69, 9.17) is 11.6 Å². The van der Waals surface area contributed by atoms with Crippen molar-refractivity contribution in [2.24, 2.45) is 0 Å². The van der Waals surface area contributed by atoms with E-state index in [0.717, 1.165) is 30.6 Å². The number of amides is 1. The van der Waals surface area contributed by atoms with Crippen LogP contribution in [0.1, 0.15) is 31.0 Å². The predicted octanol–water partition coefficient (Wildman–Crippen LogP) is 3.68. The van der Waals surface area contributed by atoms with Gasteiger partial charge in [-0.05, 0) is 31.4 Å². The van der Waals surface area contributed by atoms with Crippen LogP contribution in [0.3, 0.4) is 0 Å². The maximum atomic E-state index is 12.0. The normalized spacial score (nSPS) is 11.1. The second-order valence-corrected chi connectivity index (χ2v) is 6.15. The fraction of sp³-hybridized carbons (Fsp3) is 0.333. The van der Waals surface area contributed by atoms with Crippen LogP contribution in [0.25, 0.3) is 10.9 Å². The molecule has 0 unspecified atom stereocenters. The van der Waals surface area contributed by atoms with Gasteiger partial charge < -0.3 is 10.3 Å². The SMILES string of the molecule is CCn1ncc(Cl)c1CNC(=O)CCCc1c[nH]c2ccccc12. The van der Waals surface area contributed by atoms with Crippen molar-refractivity contribution in [1.29, 1.82) is 0 Å². The van der Waals surface area contributed by atoms with Gasteiger partial charge in [-0.2, -0.15) is 5.10 Å². The largest absolute Gasteiger partial charge is 0.361 e. The van der Waals surface area contributed by atoms with Gasteiger partial charge in [-0.3, -0.25) is 9.48 Å². The van der Waals surface area contributed by atoms with Crippen LogP contribution in [-0.2, 0) is 24.3 Å². The highest BCUT2D eigenvalue weighted by Gasteiger charge is 2.10. The number of hydrogen-bond donors (Lipinski definition) is 2. The topological polar surface area (TPSA) is 62.7 Å². The van der Waals surface area contributed by atoms with Gasteiger partial charge >= 0.3 is 0 Å². The minimum absolute atomic E-state index is 0.0368. The Kier molecular flexibility index (Phi) is 5.20. The van der Waals surface area contributed by atoms with Gasteiger partial charge in [-0.15, -0.1) is 0 Å². The molecule has 1 amide bonds. The number of aromatic nitrogens is 3. The molecule has 6 heteroatoms. The highest BCUT2D eigenvalue weighted by Crippen LogP contribution is 2.19. The number of carbonyl (C=O) groups excluding carboxylic acids is 1. The lowest BCUT2D eigenvalue weighted by atomic mass is 10.1. The Morgan fingerprint density at radius 1 is 1.38 bits per heavy atom.